The summed E-state index contributed by atoms with van der Waals surface area (Å²) in [4.78, 5) is 61.4. The minimum Gasteiger partial charge on any atom is -0.463 e. The molecule has 83 heavy (non-hydrogen) atoms. The number of piperazine rings is 1. The Morgan fingerprint density at radius 2 is 0.880 bits per heavy atom. The first-order valence-electron chi connectivity index (χ1n) is 33.9. The van der Waals surface area contributed by atoms with Gasteiger partial charge in [0.25, 0.3) is 0 Å². The molecule has 14 heteroatoms. The Hall–Kier alpha value is -3.40. The van der Waals surface area contributed by atoms with Crippen LogP contribution in [0, 0.1) is 0 Å². The summed E-state index contributed by atoms with van der Waals surface area (Å²) < 4.78 is 42.9. The summed E-state index contributed by atoms with van der Waals surface area (Å²) in [5, 5.41) is 0. The van der Waals surface area contributed by atoms with Crippen LogP contribution in [0.1, 0.15) is 260 Å². The largest absolute Gasteiger partial charge is 0.463 e. The summed E-state index contributed by atoms with van der Waals surface area (Å²) in [6.07, 6.45) is 45.1. The molecule has 0 aromatic carbocycles. The van der Waals surface area contributed by atoms with E-state index in [-0.39, 0.29) is 81.4 Å². The second kappa shape index (κ2) is 57.7. The Morgan fingerprint density at radius 1 is 0.434 bits per heavy atom. The molecule has 0 aromatic rings. The van der Waals surface area contributed by atoms with Crippen LogP contribution in [0.4, 0.5) is 0 Å². The molecular weight excluding hydrogens is 1050 g/mol. The zero-order chi connectivity index (χ0) is 60.5. The van der Waals surface area contributed by atoms with Gasteiger partial charge < -0.3 is 47.9 Å². The van der Waals surface area contributed by atoms with Gasteiger partial charge in [-0.3, -0.25) is 19.2 Å². The number of allylic oxidation sites excluding steroid dienone is 8. The van der Waals surface area contributed by atoms with Crippen molar-refractivity contribution in [1.82, 2.24) is 14.7 Å². The minimum absolute atomic E-state index is 0.0582. The summed E-state index contributed by atoms with van der Waals surface area (Å²) in [6, 6.07) is -0.743. The first-order chi connectivity index (χ1) is 40.6. The van der Waals surface area contributed by atoms with E-state index >= 15 is 0 Å². The molecule has 0 spiro atoms. The maximum absolute atomic E-state index is 14.5. The van der Waals surface area contributed by atoms with Crippen molar-refractivity contribution in [3.8, 4) is 0 Å². The number of ether oxygens (including phenoxy) is 7. The van der Waals surface area contributed by atoms with Gasteiger partial charge in [-0.1, -0.05) is 116 Å². The van der Waals surface area contributed by atoms with Crippen molar-refractivity contribution in [1.29, 1.82) is 0 Å². The van der Waals surface area contributed by atoms with Gasteiger partial charge in [-0.05, 0) is 181 Å². The first kappa shape index (κ1) is 77.6. The monoisotopic (exact) mass is 1170 g/mol. The van der Waals surface area contributed by atoms with E-state index in [1.165, 1.54) is 0 Å². The number of carbonyl (C=O) groups excluding carboxylic acids is 4. The summed E-state index contributed by atoms with van der Waals surface area (Å²) in [5.74, 6) is -1.39. The maximum atomic E-state index is 14.5. The molecule has 0 aromatic heterocycles. The van der Waals surface area contributed by atoms with Crippen LogP contribution in [0.2, 0.25) is 0 Å². The normalized spacial score (nSPS) is 14.0. The molecule has 1 aliphatic rings. The van der Waals surface area contributed by atoms with Gasteiger partial charge in [0.1, 0.15) is 19.3 Å². The van der Waals surface area contributed by atoms with E-state index in [4.69, 9.17) is 33.2 Å². The fraction of sp³-hybridized carbons (Fsp3) is 0.826. The van der Waals surface area contributed by atoms with Gasteiger partial charge >= 0.3 is 17.9 Å². The second-order valence-corrected chi connectivity index (χ2v) is 22.7. The molecule has 1 aliphatic heterocycles. The lowest BCUT2D eigenvalue weighted by Crippen LogP contribution is -2.48. The van der Waals surface area contributed by atoms with Gasteiger partial charge in [-0.15, -0.1) is 0 Å². The molecule has 0 aliphatic carbocycles. The zero-order valence-electron chi connectivity index (χ0n) is 54.3. The SMILES string of the molecule is CC/C=C\CCCCOC(CCCCC(=O)OCC(COC(=O)CCCCC(OCCCC/C=C\CC)OCCCC/C=C\CC)N(CCCN1CCN(C)CC1)C(=O)CCC(=O)OC(CCC)CCCCCC)OCCCC/C=C\CC. The van der Waals surface area contributed by atoms with E-state index < -0.39 is 6.04 Å². The van der Waals surface area contributed by atoms with Gasteiger partial charge in [0.05, 0.1) is 12.5 Å². The second-order valence-electron chi connectivity index (χ2n) is 22.7. The molecule has 1 saturated heterocycles. The summed E-state index contributed by atoms with van der Waals surface area (Å²) >= 11 is 0. The third kappa shape index (κ3) is 47.4. The Bertz CT molecular complexity index is 1530. The van der Waals surface area contributed by atoms with Crippen molar-refractivity contribution in [2.24, 2.45) is 0 Å². The van der Waals surface area contributed by atoms with Gasteiger partial charge in [-0.2, -0.15) is 0 Å². The van der Waals surface area contributed by atoms with Crippen LogP contribution in [0.25, 0.3) is 0 Å². The maximum Gasteiger partial charge on any atom is 0.306 e. The third-order valence-electron chi connectivity index (χ3n) is 15.0. The van der Waals surface area contributed by atoms with E-state index in [0.29, 0.717) is 65.1 Å². The molecule has 1 heterocycles. The topological polar surface area (TPSA) is 143 Å². The molecule has 0 radical (unpaired) electrons. The zero-order valence-corrected chi connectivity index (χ0v) is 54.3. The molecule has 1 amide bonds. The molecule has 1 fully saturated rings. The van der Waals surface area contributed by atoms with Crippen LogP contribution in [-0.2, 0) is 52.3 Å². The minimum atomic E-state index is -0.743. The average Bonchev–Trinajstić information content (AvgIpc) is 3.54. The number of nitrogens with zero attached hydrogens (tertiary/aromatic N) is 3. The van der Waals surface area contributed by atoms with E-state index in [9.17, 15) is 19.2 Å². The Labute approximate surface area is 508 Å². The molecule has 0 N–H and O–H groups in total. The lowest BCUT2D eigenvalue weighted by Gasteiger charge is -2.34. The number of rotatable bonds is 58. The van der Waals surface area contributed by atoms with Crippen LogP contribution >= 0.6 is 0 Å². The smallest absolute Gasteiger partial charge is 0.306 e. The number of esters is 3. The number of hydrogen-bond donors (Lipinski definition) is 0. The van der Waals surface area contributed by atoms with Crippen LogP contribution < -0.4 is 0 Å². The summed E-state index contributed by atoms with van der Waals surface area (Å²) in [5.41, 5.74) is 0. The molecule has 1 rings (SSSR count). The van der Waals surface area contributed by atoms with E-state index in [0.717, 1.165) is 193 Å². The average molecular weight is 1170 g/mol. The highest BCUT2D eigenvalue weighted by Crippen LogP contribution is 2.19. The van der Waals surface area contributed by atoms with Gasteiger partial charge in [-0.25, -0.2) is 0 Å². The highest BCUT2D eigenvalue weighted by atomic mass is 16.7. The van der Waals surface area contributed by atoms with Crippen LogP contribution in [0.15, 0.2) is 48.6 Å². The molecule has 14 nitrogen and oxygen atoms in total. The predicted octanol–water partition coefficient (Wildman–Crippen LogP) is 15.8. The number of hydrogen-bond acceptors (Lipinski definition) is 13. The molecule has 1 unspecified atom stereocenters. The Kier molecular flexibility index (Phi) is 53.9. The van der Waals surface area contributed by atoms with Crippen molar-refractivity contribution in [3.05, 3.63) is 48.6 Å². The number of unbranched alkanes of at least 4 members (excludes halogenated alkanes) is 13. The summed E-state index contributed by atoms with van der Waals surface area (Å²) in [7, 11) is 2.13. The molecule has 1 atom stereocenters. The van der Waals surface area contributed by atoms with Crippen molar-refractivity contribution in [2.45, 2.75) is 285 Å². The first-order valence-corrected chi connectivity index (χ1v) is 33.9. The summed E-state index contributed by atoms with van der Waals surface area (Å²) in [6.45, 7) is 20.1. The number of carbonyl (C=O) groups is 4. The molecule has 0 saturated carbocycles. The quantitative estimate of drug-likeness (QED) is 0.0188. The highest BCUT2D eigenvalue weighted by molar-refractivity contribution is 5.82. The van der Waals surface area contributed by atoms with E-state index in [2.05, 4.69) is 107 Å². The molecular formula is C69H125N3O11. The number of likely N-dealkylation sites (N-methyl/N-ethyl adjacent to an activating group) is 1. The van der Waals surface area contributed by atoms with Gasteiger partial charge in [0.2, 0.25) is 5.91 Å². The third-order valence-corrected chi connectivity index (χ3v) is 15.0. The van der Waals surface area contributed by atoms with Gasteiger partial charge in [0, 0.05) is 78.4 Å². The van der Waals surface area contributed by atoms with E-state index in [1.54, 1.807) is 4.90 Å². The molecule has 482 valence electrons. The highest BCUT2D eigenvalue weighted by Gasteiger charge is 2.28. The lowest BCUT2D eigenvalue weighted by atomic mass is 10.1. The van der Waals surface area contributed by atoms with Crippen LogP contribution in [0.3, 0.4) is 0 Å². The van der Waals surface area contributed by atoms with Crippen LogP contribution in [-0.4, -0.2) is 149 Å². The van der Waals surface area contributed by atoms with Crippen molar-refractivity contribution >= 4 is 23.8 Å². The Morgan fingerprint density at radius 3 is 1.30 bits per heavy atom. The Balaban J connectivity index is 3.19. The number of amides is 1. The van der Waals surface area contributed by atoms with E-state index in [1.807, 2.05) is 0 Å². The standard InChI is InChI=1S/C69H125N3O11/c1-8-14-19-24-28-37-56-77-68(78-57-38-29-25-20-15-9-2)46-35-33-44-65(74)81-60-62(61-82-66(75)45-34-36-47-69(79-58-39-30-26-21-16-10-3)80-59-40-31-27-22-17-11-4)72(51-41-50-71-54-52-70(7)53-55-71)64(73)48-49-67(76)83-63(42-13-6)43-32-23-18-12-5/h14-17,19-22,62-63,68-69H,8-13,18,23-61H2,1-7H3/b19-14-,20-15-,21-16-,22-17-. The van der Waals surface area contributed by atoms with Crippen molar-refractivity contribution in [2.75, 3.05) is 86.0 Å². The van der Waals surface area contributed by atoms with Gasteiger partial charge in [0.15, 0.2) is 12.6 Å². The fourth-order valence-electron chi connectivity index (χ4n) is 9.82. The van der Waals surface area contributed by atoms with Crippen LogP contribution in [0.5, 0.6) is 0 Å². The predicted molar refractivity (Wildman–Crippen MR) is 340 cm³/mol. The van der Waals surface area contributed by atoms with Crippen molar-refractivity contribution in [3.63, 3.8) is 0 Å². The van der Waals surface area contributed by atoms with Crippen molar-refractivity contribution < 1.29 is 52.3 Å². The fourth-order valence-corrected chi connectivity index (χ4v) is 9.82. The lowest BCUT2D eigenvalue weighted by molar-refractivity contribution is -0.156. The molecule has 0 bridgehead atoms.